The molecule has 22 heavy (non-hydrogen) atoms. The average molecular weight is 329 g/mol. The maximum absolute atomic E-state index is 11.4. The lowest BCUT2D eigenvalue weighted by molar-refractivity contribution is 0.105. The van der Waals surface area contributed by atoms with Crippen LogP contribution in [0.1, 0.15) is 47.0 Å². The molecule has 1 aliphatic rings. The summed E-state index contributed by atoms with van der Waals surface area (Å²) >= 11 is 0. The summed E-state index contributed by atoms with van der Waals surface area (Å²) in [6.07, 6.45) is 8.53. The van der Waals surface area contributed by atoms with E-state index >= 15 is 0 Å². The summed E-state index contributed by atoms with van der Waals surface area (Å²) in [7, 11) is -3.39. The van der Waals surface area contributed by atoms with Crippen LogP contribution in [0.4, 0.5) is 0 Å². The first-order valence-electron chi connectivity index (χ1n) is 8.27. The average Bonchev–Trinajstić information content (AvgIpc) is 2.38. The highest BCUT2D eigenvalue weighted by molar-refractivity contribution is 7.85. The van der Waals surface area contributed by atoms with E-state index in [9.17, 15) is 8.42 Å². The van der Waals surface area contributed by atoms with Gasteiger partial charge in [-0.05, 0) is 55.8 Å². The summed E-state index contributed by atoms with van der Waals surface area (Å²) in [6.45, 7) is 13.0. The molecule has 0 aliphatic heterocycles. The summed E-state index contributed by atoms with van der Waals surface area (Å²) in [5.41, 5.74) is 1.38. The number of hydrogen-bond acceptors (Lipinski definition) is 3. The lowest BCUT2D eigenvalue weighted by Crippen LogP contribution is -2.35. The van der Waals surface area contributed by atoms with E-state index in [0.717, 1.165) is 25.5 Å². The van der Waals surface area contributed by atoms with Gasteiger partial charge in [0, 0.05) is 0 Å². The smallest absolute Gasteiger partial charge is 0.264 e. The molecule has 0 aromatic rings. The Bertz CT molecular complexity index is 490. The zero-order valence-corrected chi connectivity index (χ0v) is 15.5. The van der Waals surface area contributed by atoms with Crippen molar-refractivity contribution in [3.05, 3.63) is 24.3 Å². The second kappa shape index (κ2) is 8.30. The molecule has 1 aliphatic carbocycles. The summed E-state index contributed by atoms with van der Waals surface area (Å²) < 4.78 is 28.0. The van der Waals surface area contributed by atoms with Gasteiger partial charge in [0.1, 0.15) is 0 Å². The molecule has 1 rings (SSSR count). The van der Waals surface area contributed by atoms with E-state index in [2.05, 4.69) is 40.3 Å². The van der Waals surface area contributed by atoms with Crippen LogP contribution >= 0.6 is 0 Å². The van der Waals surface area contributed by atoms with Crippen molar-refractivity contribution in [1.29, 1.82) is 0 Å². The molecule has 0 spiro atoms. The van der Waals surface area contributed by atoms with E-state index in [4.69, 9.17) is 4.18 Å². The minimum absolute atomic E-state index is 0.270. The van der Waals surface area contributed by atoms with Crippen LogP contribution in [0.3, 0.4) is 0 Å². The van der Waals surface area contributed by atoms with Crippen molar-refractivity contribution >= 4 is 10.1 Å². The monoisotopic (exact) mass is 328 g/mol. The first-order valence-corrected chi connectivity index (χ1v) is 10.1. The van der Waals surface area contributed by atoms with E-state index in [-0.39, 0.29) is 5.92 Å². The first kappa shape index (κ1) is 19.4. The summed E-state index contributed by atoms with van der Waals surface area (Å²) in [4.78, 5) is 0. The van der Waals surface area contributed by atoms with Crippen LogP contribution in [0.2, 0.25) is 0 Å². The Balaban J connectivity index is 2.95. The molecule has 0 saturated heterocycles. The molecule has 0 saturated carbocycles. The molecule has 0 fully saturated rings. The van der Waals surface area contributed by atoms with Gasteiger partial charge >= 0.3 is 0 Å². The number of hydrogen-bond donors (Lipinski definition) is 0. The highest BCUT2D eigenvalue weighted by atomic mass is 32.2. The molecule has 4 heteroatoms. The van der Waals surface area contributed by atoms with Gasteiger partial charge in [-0.3, -0.25) is 4.18 Å². The van der Waals surface area contributed by atoms with Gasteiger partial charge in [0.05, 0.1) is 12.9 Å². The fraction of sp³-hybridized carbons (Fsp3) is 0.778. The fourth-order valence-electron chi connectivity index (χ4n) is 3.67. The Morgan fingerprint density at radius 1 is 1.41 bits per heavy atom. The Morgan fingerprint density at radius 2 is 2.05 bits per heavy atom. The SMILES string of the molecule is C=CCC(C)C[C@H]1C(C)=CC[C@H](C(C)C)[C@H]1COS(C)(=O)=O. The van der Waals surface area contributed by atoms with Crippen molar-refractivity contribution in [1.82, 2.24) is 0 Å². The maximum Gasteiger partial charge on any atom is 0.264 e. The molecule has 128 valence electrons. The normalized spacial score (nSPS) is 27.5. The van der Waals surface area contributed by atoms with Gasteiger partial charge in [-0.2, -0.15) is 8.42 Å². The molecular weight excluding hydrogens is 296 g/mol. The molecule has 0 aromatic carbocycles. The van der Waals surface area contributed by atoms with Crippen molar-refractivity contribution in [3.8, 4) is 0 Å². The standard InChI is InChI=1S/C18H32O3S/c1-7-8-14(4)11-17-15(5)9-10-16(13(2)3)18(17)12-21-22(6,19)20/h7,9,13-14,16-18H,1,8,10-12H2,2-6H3/t14?,16-,17+,18-/m1/s1. The van der Waals surface area contributed by atoms with E-state index in [1.165, 1.54) is 5.57 Å². The van der Waals surface area contributed by atoms with E-state index in [1.54, 1.807) is 0 Å². The Hall–Kier alpha value is -0.610. The van der Waals surface area contributed by atoms with Crippen molar-refractivity contribution in [3.63, 3.8) is 0 Å². The molecule has 4 atom stereocenters. The third kappa shape index (κ3) is 5.88. The van der Waals surface area contributed by atoms with Gasteiger partial charge in [0.2, 0.25) is 0 Å². The maximum atomic E-state index is 11.4. The quantitative estimate of drug-likeness (QED) is 0.489. The minimum atomic E-state index is -3.39. The fourth-order valence-corrected chi connectivity index (χ4v) is 4.07. The molecule has 0 aromatic heterocycles. The van der Waals surface area contributed by atoms with Crippen LogP contribution in [0.5, 0.6) is 0 Å². The van der Waals surface area contributed by atoms with Crippen molar-refractivity contribution in [2.45, 2.75) is 47.0 Å². The zero-order chi connectivity index (χ0) is 16.9. The van der Waals surface area contributed by atoms with Crippen LogP contribution in [0, 0.1) is 29.6 Å². The molecular formula is C18H32O3S. The third-order valence-electron chi connectivity index (χ3n) is 4.92. The second-order valence-corrected chi connectivity index (χ2v) is 8.86. The number of rotatable bonds is 8. The summed E-state index contributed by atoms with van der Waals surface area (Å²) in [6, 6.07) is 0. The highest BCUT2D eigenvalue weighted by Crippen LogP contribution is 2.42. The van der Waals surface area contributed by atoms with Gasteiger partial charge in [-0.15, -0.1) is 6.58 Å². The Kier molecular flexibility index (Phi) is 7.33. The molecule has 0 radical (unpaired) electrons. The second-order valence-electron chi connectivity index (χ2n) is 7.22. The van der Waals surface area contributed by atoms with Crippen molar-refractivity contribution in [2.75, 3.05) is 12.9 Å². The summed E-state index contributed by atoms with van der Waals surface area (Å²) in [5.74, 6) is 2.23. The van der Waals surface area contributed by atoms with Crippen LogP contribution < -0.4 is 0 Å². The molecule has 1 unspecified atom stereocenters. The highest BCUT2D eigenvalue weighted by Gasteiger charge is 2.36. The molecule has 3 nitrogen and oxygen atoms in total. The molecule has 0 bridgehead atoms. The van der Waals surface area contributed by atoms with Crippen LogP contribution in [0.15, 0.2) is 24.3 Å². The lowest BCUT2D eigenvalue weighted by Gasteiger charge is -2.40. The van der Waals surface area contributed by atoms with E-state index in [0.29, 0.717) is 30.3 Å². The molecule has 0 heterocycles. The van der Waals surface area contributed by atoms with Crippen molar-refractivity contribution in [2.24, 2.45) is 29.6 Å². The zero-order valence-electron chi connectivity index (χ0n) is 14.7. The molecule has 0 N–H and O–H groups in total. The van der Waals surface area contributed by atoms with Gasteiger partial charge in [-0.25, -0.2) is 0 Å². The van der Waals surface area contributed by atoms with Gasteiger partial charge in [0.25, 0.3) is 10.1 Å². The van der Waals surface area contributed by atoms with Crippen LogP contribution in [0.25, 0.3) is 0 Å². The van der Waals surface area contributed by atoms with Gasteiger partial charge in [0.15, 0.2) is 0 Å². The number of allylic oxidation sites excluding steroid dienone is 3. The third-order valence-corrected chi connectivity index (χ3v) is 5.48. The lowest BCUT2D eigenvalue weighted by atomic mass is 9.66. The van der Waals surface area contributed by atoms with Crippen LogP contribution in [-0.2, 0) is 14.3 Å². The van der Waals surface area contributed by atoms with Crippen molar-refractivity contribution < 1.29 is 12.6 Å². The van der Waals surface area contributed by atoms with Gasteiger partial charge < -0.3 is 0 Å². The minimum Gasteiger partial charge on any atom is -0.270 e. The van der Waals surface area contributed by atoms with Crippen LogP contribution in [-0.4, -0.2) is 21.3 Å². The predicted molar refractivity (Wildman–Crippen MR) is 93.1 cm³/mol. The Morgan fingerprint density at radius 3 is 2.55 bits per heavy atom. The predicted octanol–water partition coefficient (Wildman–Crippen LogP) is 4.42. The summed E-state index contributed by atoms with van der Waals surface area (Å²) in [5, 5.41) is 0. The topological polar surface area (TPSA) is 43.4 Å². The molecule has 0 amide bonds. The Labute approximate surface area is 137 Å². The first-order chi connectivity index (χ1) is 10.2. The van der Waals surface area contributed by atoms with Gasteiger partial charge in [-0.1, -0.05) is 38.5 Å². The van der Waals surface area contributed by atoms with E-state index in [1.807, 2.05) is 6.08 Å². The largest absolute Gasteiger partial charge is 0.270 e. The van der Waals surface area contributed by atoms with E-state index < -0.39 is 10.1 Å².